The van der Waals surface area contributed by atoms with E-state index in [1.54, 1.807) is 18.3 Å². The summed E-state index contributed by atoms with van der Waals surface area (Å²) in [4.78, 5) is 15.6. The lowest BCUT2D eigenvalue weighted by atomic mass is 10.0. The van der Waals surface area contributed by atoms with E-state index in [1.807, 2.05) is 0 Å². The Morgan fingerprint density at radius 2 is 2.25 bits per heavy atom. The lowest BCUT2D eigenvalue weighted by Crippen LogP contribution is -2.40. The molecule has 2 N–H and O–H groups in total. The van der Waals surface area contributed by atoms with Crippen LogP contribution < -0.4 is 5.32 Å². The molecule has 2 rings (SSSR count). The van der Waals surface area contributed by atoms with E-state index in [1.165, 1.54) is 6.20 Å². The second-order valence-corrected chi connectivity index (χ2v) is 4.36. The number of carbonyl (C=O) groups excluding carboxylic acids is 1. The quantitative estimate of drug-likeness (QED) is 0.802. The van der Waals surface area contributed by atoms with Crippen LogP contribution >= 0.6 is 0 Å². The summed E-state index contributed by atoms with van der Waals surface area (Å²) in [6.07, 6.45) is 6.79. The lowest BCUT2D eigenvalue weighted by Gasteiger charge is -2.22. The first-order valence-corrected chi connectivity index (χ1v) is 5.60. The second kappa shape index (κ2) is 4.61. The number of rotatable bonds is 3. The fourth-order valence-electron chi connectivity index (χ4n) is 2.05. The molecule has 16 heavy (non-hydrogen) atoms. The van der Waals surface area contributed by atoms with Crippen LogP contribution in [0.2, 0.25) is 0 Å². The molecule has 1 amide bonds. The number of hydrogen-bond acceptors (Lipinski definition) is 3. The van der Waals surface area contributed by atoms with Crippen LogP contribution in [0.5, 0.6) is 0 Å². The maximum Gasteiger partial charge on any atom is 0.252 e. The minimum absolute atomic E-state index is 0.173. The van der Waals surface area contributed by atoms with Crippen molar-refractivity contribution in [3.05, 3.63) is 30.1 Å². The molecule has 0 radical (unpaired) electrons. The van der Waals surface area contributed by atoms with Crippen LogP contribution in [-0.2, 0) is 0 Å². The van der Waals surface area contributed by atoms with E-state index in [4.69, 9.17) is 0 Å². The molecule has 1 fully saturated rings. The molecular formula is C12H16N2O2. The maximum absolute atomic E-state index is 11.7. The zero-order valence-corrected chi connectivity index (χ0v) is 9.15. The lowest BCUT2D eigenvalue weighted by molar-refractivity contribution is 0.0449. The van der Waals surface area contributed by atoms with Gasteiger partial charge in [0.05, 0.1) is 11.2 Å². The normalized spacial score (nSPS) is 18.3. The predicted molar refractivity (Wildman–Crippen MR) is 60.0 cm³/mol. The summed E-state index contributed by atoms with van der Waals surface area (Å²) in [6.45, 7) is 0.334. The Labute approximate surface area is 94.7 Å². The molecular weight excluding hydrogens is 204 g/mol. The third-order valence-electron chi connectivity index (χ3n) is 3.04. The van der Waals surface area contributed by atoms with E-state index in [9.17, 15) is 9.90 Å². The Morgan fingerprint density at radius 3 is 2.88 bits per heavy atom. The number of pyridine rings is 1. The summed E-state index contributed by atoms with van der Waals surface area (Å²) in [6, 6.07) is 3.43. The summed E-state index contributed by atoms with van der Waals surface area (Å²) in [5.74, 6) is -0.173. The Kier molecular flexibility index (Phi) is 3.19. The van der Waals surface area contributed by atoms with Gasteiger partial charge in [0.25, 0.3) is 5.91 Å². The molecule has 1 aromatic heterocycles. The van der Waals surface area contributed by atoms with Gasteiger partial charge in [-0.05, 0) is 25.0 Å². The van der Waals surface area contributed by atoms with Crippen molar-refractivity contribution in [1.82, 2.24) is 10.3 Å². The standard InChI is InChI=1S/C12H16N2O2/c15-11(10-4-3-7-13-8-10)14-9-12(16)5-1-2-6-12/h3-4,7-8,16H,1-2,5-6,9H2,(H,14,15). The van der Waals surface area contributed by atoms with E-state index in [0.29, 0.717) is 12.1 Å². The van der Waals surface area contributed by atoms with Gasteiger partial charge in [-0.1, -0.05) is 12.8 Å². The highest BCUT2D eigenvalue weighted by atomic mass is 16.3. The summed E-state index contributed by atoms with van der Waals surface area (Å²) >= 11 is 0. The minimum atomic E-state index is -0.697. The van der Waals surface area contributed by atoms with Gasteiger partial charge in [0.15, 0.2) is 0 Å². The molecule has 86 valence electrons. The van der Waals surface area contributed by atoms with E-state index in [-0.39, 0.29) is 5.91 Å². The van der Waals surface area contributed by atoms with Crippen LogP contribution in [0.4, 0.5) is 0 Å². The highest BCUT2D eigenvalue weighted by Crippen LogP contribution is 2.28. The molecule has 1 aliphatic carbocycles. The average Bonchev–Trinajstić information content (AvgIpc) is 2.75. The van der Waals surface area contributed by atoms with Crippen LogP contribution in [0, 0.1) is 0 Å². The van der Waals surface area contributed by atoms with Gasteiger partial charge in [0, 0.05) is 18.9 Å². The van der Waals surface area contributed by atoms with E-state index in [0.717, 1.165) is 25.7 Å². The molecule has 1 aromatic rings. The number of aromatic nitrogens is 1. The monoisotopic (exact) mass is 220 g/mol. The smallest absolute Gasteiger partial charge is 0.252 e. The zero-order valence-electron chi connectivity index (χ0n) is 9.15. The molecule has 1 aliphatic rings. The van der Waals surface area contributed by atoms with Crippen LogP contribution in [-0.4, -0.2) is 28.1 Å². The molecule has 0 bridgehead atoms. The van der Waals surface area contributed by atoms with Gasteiger partial charge < -0.3 is 10.4 Å². The van der Waals surface area contributed by atoms with Crippen LogP contribution in [0.15, 0.2) is 24.5 Å². The molecule has 0 spiro atoms. The number of amides is 1. The SMILES string of the molecule is O=C(NCC1(O)CCCC1)c1cccnc1. The number of nitrogens with one attached hydrogen (secondary N) is 1. The van der Waals surface area contributed by atoms with Gasteiger partial charge in [-0.15, -0.1) is 0 Å². The Hall–Kier alpha value is -1.42. The van der Waals surface area contributed by atoms with Gasteiger partial charge in [-0.2, -0.15) is 0 Å². The van der Waals surface area contributed by atoms with Gasteiger partial charge in [-0.3, -0.25) is 9.78 Å². The molecule has 0 saturated heterocycles. The number of carbonyl (C=O) groups is 1. The van der Waals surface area contributed by atoms with Crippen LogP contribution in [0.1, 0.15) is 36.0 Å². The molecule has 0 unspecified atom stereocenters. The van der Waals surface area contributed by atoms with Crippen molar-refractivity contribution in [2.45, 2.75) is 31.3 Å². The first-order valence-electron chi connectivity index (χ1n) is 5.60. The average molecular weight is 220 g/mol. The third kappa shape index (κ3) is 2.58. The predicted octanol–water partition coefficient (Wildman–Crippen LogP) is 1.12. The van der Waals surface area contributed by atoms with Gasteiger partial charge in [0.1, 0.15) is 0 Å². The fourth-order valence-corrected chi connectivity index (χ4v) is 2.05. The minimum Gasteiger partial charge on any atom is -0.388 e. The largest absolute Gasteiger partial charge is 0.388 e. The van der Waals surface area contributed by atoms with Crippen molar-refractivity contribution in [3.8, 4) is 0 Å². The zero-order chi connectivity index (χ0) is 11.4. The third-order valence-corrected chi connectivity index (χ3v) is 3.04. The molecule has 1 saturated carbocycles. The van der Waals surface area contributed by atoms with Gasteiger partial charge in [-0.25, -0.2) is 0 Å². The highest BCUT2D eigenvalue weighted by Gasteiger charge is 2.31. The van der Waals surface area contributed by atoms with E-state index < -0.39 is 5.60 Å². The van der Waals surface area contributed by atoms with Crippen molar-refractivity contribution < 1.29 is 9.90 Å². The molecule has 4 heteroatoms. The maximum atomic E-state index is 11.7. The summed E-state index contributed by atoms with van der Waals surface area (Å²) in [5.41, 5.74) is -0.165. The Balaban J connectivity index is 1.89. The summed E-state index contributed by atoms with van der Waals surface area (Å²) in [7, 11) is 0. The molecule has 1 heterocycles. The fraction of sp³-hybridized carbons (Fsp3) is 0.500. The summed E-state index contributed by atoms with van der Waals surface area (Å²) in [5, 5.41) is 12.8. The Bertz CT molecular complexity index is 359. The van der Waals surface area contributed by atoms with Crippen molar-refractivity contribution in [2.75, 3.05) is 6.54 Å². The topological polar surface area (TPSA) is 62.2 Å². The Morgan fingerprint density at radius 1 is 1.50 bits per heavy atom. The summed E-state index contributed by atoms with van der Waals surface area (Å²) < 4.78 is 0. The van der Waals surface area contributed by atoms with E-state index in [2.05, 4.69) is 10.3 Å². The number of nitrogens with zero attached hydrogens (tertiary/aromatic N) is 1. The van der Waals surface area contributed by atoms with E-state index >= 15 is 0 Å². The van der Waals surface area contributed by atoms with Crippen molar-refractivity contribution in [2.24, 2.45) is 0 Å². The van der Waals surface area contributed by atoms with Crippen molar-refractivity contribution in [1.29, 1.82) is 0 Å². The second-order valence-electron chi connectivity index (χ2n) is 4.36. The highest BCUT2D eigenvalue weighted by molar-refractivity contribution is 5.93. The van der Waals surface area contributed by atoms with Crippen LogP contribution in [0.3, 0.4) is 0 Å². The molecule has 0 aliphatic heterocycles. The first kappa shape index (κ1) is 11.1. The van der Waals surface area contributed by atoms with Gasteiger partial charge in [0.2, 0.25) is 0 Å². The molecule has 4 nitrogen and oxygen atoms in total. The molecule has 0 atom stereocenters. The van der Waals surface area contributed by atoms with Crippen molar-refractivity contribution >= 4 is 5.91 Å². The van der Waals surface area contributed by atoms with Crippen molar-refractivity contribution in [3.63, 3.8) is 0 Å². The first-order chi connectivity index (χ1) is 7.70. The van der Waals surface area contributed by atoms with Gasteiger partial charge >= 0.3 is 0 Å². The molecule has 0 aromatic carbocycles. The number of aliphatic hydroxyl groups is 1. The number of hydrogen-bond donors (Lipinski definition) is 2. The van der Waals surface area contributed by atoms with Crippen LogP contribution in [0.25, 0.3) is 0 Å².